The fourth-order valence-corrected chi connectivity index (χ4v) is 0.790. The molecule has 3 heteroatoms. The van der Waals surface area contributed by atoms with Crippen LogP contribution in [0.4, 0.5) is 0 Å². The molecular formula is C9H16NO2+. The first-order valence-corrected chi connectivity index (χ1v) is 3.83. The van der Waals surface area contributed by atoms with E-state index in [1.54, 1.807) is 6.92 Å². The normalized spacial score (nSPS) is 10.9. The predicted octanol–water partition coefficient (Wildman–Crippen LogP) is 0.407. The standard InChI is InChI=1S/C9H16NO2/c1-8(2)9(12)7-10(3,4)5-6-11/h6H,1,5,7H2,2-4H3/q+1. The number of carbonyl (C=O) groups excluding carboxylic acids is 2. The molecule has 0 bridgehead atoms. The van der Waals surface area contributed by atoms with Crippen molar-refractivity contribution in [3.63, 3.8) is 0 Å². The highest BCUT2D eigenvalue weighted by Crippen LogP contribution is 1.99. The highest BCUT2D eigenvalue weighted by molar-refractivity contribution is 5.95. The quantitative estimate of drug-likeness (QED) is 0.340. The molecule has 0 aliphatic rings. The molecule has 3 nitrogen and oxygen atoms in total. The van der Waals surface area contributed by atoms with Crippen molar-refractivity contribution in [1.29, 1.82) is 0 Å². The third kappa shape index (κ3) is 4.03. The average Bonchev–Trinajstić information content (AvgIpc) is 1.85. The van der Waals surface area contributed by atoms with Crippen molar-refractivity contribution in [3.8, 4) is 0 Å². The molecule has 0 fully saturated rings. The van der Waals surface area contributed by atoms with Crippen LogP contribution in [0.1, 0.15) is 6.92 Å². The molecule has 68 valence electrons. The van der Waals surface area contributed by atoms with Crippen LogP contribution in [0.3, 0.4) is 0 Å². The monoisotopic (exact) mass is 170 g/mol. The largest absolute Gasteiger partial charge is 0.316 e. The van der Waals surface area contributed by atoms with Gasteiger partial charge in [-0.2, -0.15) is 0 Å². The highest BCUT2D eigenvalue weighted by Gasteiger charge is 2.19. The van der Waals surface area contributed by atoms with E-state index in [4.69, 9.17) is 0 Å². The molecule has 0 amide bonds. The van der Waals surface area contributed by atoms with Crippen molar-refractivity contribution in [2.24, 2.45) is 0 Å². The van der Waals surface area contributed by atoms with Gasteiger partial charge in [-0.05, 0) is 12.5 Å². The van der Waals surface area contributed by atoms with Crippen LogP contribution in [-0.4, -0.2) is 43.7 Å². The molecule has 0 heterocycles. The maximum atomic E-state index is 11.2. The van der Waals surface area contributed by atoms with E-state index in [-0.39, 0.29) is 5.78 Å². The summed E-state index contributed by atoms with van der Waals surface area (Å²) in [4.78, 5) is 21.4. The van der Waals surface area contributed by atoms with Crippen LogP contribution in [-0.2, 0) is 9.59 Å². The van der Waals surface area contributed by atoms with Crippen LogP contribution in [0.25, 0.3) is 0 Å². The number of hydrogen-bond donors (Lipinski definition) is 0. The van der Waals surface area contributed by atoms with Crippen LogP contribution in [0.15, 0.2) is 12.2 Å². The lowest BCUT2D eigenvalue weighted by Gasteiger charge is -2.26. The Morgan fingerprint density at radius 2 is 2.00 bits per heavy atom. The molecule has 0 aromatic heterocycles. The zero-order chi connectivity index (χ0) is 9.78. The minimum absolute atomic E-state index is 0.0156. The molecule has 0 saturated carbocycles. The van der Waals surface area contributed by atoms with Crippen LogP contribution in [0, 0.1) is 0 Å². The number of Topliss-reactive ketones (excluding diaryl/α,β-unsaturated/α-hetero) is 1. The second-order valence-electron chi connectivity index (χ2n) is 3.65. The summed E-state index contributed by atoms with van der Waals surface area (Å²) in [7, 11) is 3.68. The second kappa shape index (κ2) is 4.16. The first-order valence-electron chi connectivity index (χ1n) is 3.83. The molecule has 0 unspecified atom stereocenters. The maximum Gasteiger partial charge on any atom is 0.212 e. The number of hydrogen-bond acceptors (Lipinski definition) is 2. The SMILES string of the molecule is C=C(C)C(=O)C[N+](C)(C)CC=O. The average molecular weight is 170 g/mol. The fraction of sp³-hybridized carbons (Fsp3) is 0.556. The molecule has 0 atom stereocenters. The molecular weight excluding hydrogens is 154 g/mol. The zero-order valence-corrected chi connectivity index (χ0v) is 7.96. The van der Waals surface area contributed by atoms with Crippen LogP contribution in [0.2, 0.25) is 0 Å². The number of likely N-dealkylation sites (N-methyl/N-ethyl adjacent to an activating group) is 1. The fourth-order valence-electron chi connectivity index (χ4n) is 0.790. The number of nitrogens with zero attached hydrogens (tertiary/aromatic N) is 1. The van der Waals surface area contributed by atoms with E-state index in [1.807, 2.05) is 14.1 Å². The molecule has 0 spiro atoms. The van der Waals surface area contributed by atoms with Gasteiger partial charge in [0, 0.05) is 0 Å². The Labute approximate surface area is 73.3 Å². The van der Waals surface area contributed by atoms with E-state index < -0.39 is 0 Å². The van der Waals surface area contributed by atoms with Gasteiger partial charge in [0.1, 0.15) is 13.1 Å². The maximum absolute atomic E-state index is 11.2. The Hall–Kier alpha value is -0.960. The number of rotatable bonds is 5. The number of aldehydes is 1. The number of ketones is 1. The van der Waals surface area contributed by atoms with Crippen molar-refractivity contribution < 1.29 is 14.1 Å². The van der Waals surface area contributed by atoms with E-state index in [2.05, 4.69) is 6.58 Å². The van der Waals surface area contributed by atoms with Gasteiger partial charge in [0.15, 0.2) is 6.29 Å². The van der Waals surface area contributed by atoms with E-state index in [0.717, 1.165) is 6.29 Å². The van der Waals surface area contributed by atoms with Crippen LogP contribution < -0.4 is 0 Å². The van der Waals surface area contributed by atoms with Gasteiger partial charge in [-0.1, -0.05) is 6.58 Å². The van der Waals surface area contributed by atoms with Crippen LogP contribution in [0.5, 0.6) is 0 Å². The van der Waals surface area contributed by atoms with Gasteiger partial charge >= 0.3 is 0 Å². The van der Waals surface area contributed by atoms with Crippen molar-refractivity contribution in [2.75, 3.05) is 27.2 Å². The highest BCUT2D eigenvalue weighted by atomic mass is 16.1. The Kier molecular flexibility index (Phi) is 3.83. The molecule has 0 N–H and O–H groups in total. The Morgan fingerprint density at radius 3 is 2.33 bits per heavy atom. The summed E-state index contributed by atoms with van der Waals surface area (Å²) in [6, 6.07) is 0. The van der Waals surface area contributed by atoms with Crippen molar-refractivity contribution in [1.82, 2.24) is 0 Å². The van der Waals surface area contributed by atoms with E-state index in [1.165, 1.54) is 0 Å². The third-order valence-corrected chi connectivity index (χ3v) is 1.62. The number of carbonyl (C=O) groups is 2. The van der Waals surface area contributed by atoms with Gasteiger partial charge in [-0.25, -0.2) is 0 Å². The minimum atomic E-state index is 0.0156. The van der Waals surface area contributed by atoms with Crippen molar-refractivity contribution in [2.45, 2.75) is 6.92 Å². The molecule has 0 aromatic carbocycles. The lowest BCUT2D eigenvalue weighted by Crippen LogP contribution is -2.45. The minimum Gasteiger partial charge on any atom is -0.316 e. The zero-order valence-electron chi connectivity index (χ0n) is 7.96. The summed E-state index contributed by atoms with van der Waals surface area (Å²) in [5.41, 5.74) is 0.548. The molecule has 0 aliphatic carbocycles. The van der Waals surface area contributed by atoms with Gasteiger partial charge in [0.25, 0.3) is 0 Å². The second-order valence-corrected chi connectivity index (χ2v) is 3.65. The number of quaternary nitrogens is 1. The molecule has 0 aromatic rings. The van der Waals surface area contributed by atoms with Gasteiger partial charge in [0.2, 0.25) is 5.78 Å². The van der Waals surface area contributed by atoms with Gasteiger partial charge in [-0.15, -0.1) is 0 Å². The van der Waals surface area contributed by atoms with Crippen molar-refractivity contribution in [3.05, 3.63) is 12.2 Å². The summed E-state index contributed by atoms with van der Waals surface area (Å²) in [6.07, 6.45) is 0.825. The van der Waals surface area contributed by atoms with E-state index in [0.29, 0.717) is 23.1 Å². The molecule has 0 aliphatic heterocycles. The molecule has 12 heavy (non-hydrogen) atoms. The summed E-state index contributed by atoms with van der Waals surface area (Å²) < 4.78 is 0.398. The Balaban J connectivity index is 4.14. The van der Waals surface area contributed by atoms with Crippen LogP contribution >= 0.6 is 0 Å². The van der Waals surface area contributed by atoms with E-state index in [9.17, 15) is 9.59 Å². The first-order chi connectivity index (χ1) is 5.39. The Bertz CT molecular complexity index is 207. The Morgan fingerprint density at radius 1 is 1.50 bits per heavy atom. The van der Waals surface area contributed by atoms with Crippen molar-refractivity contribution >= 4 is 12.1 Å². The van der Waals surface area contributed by atoms with E-state index >= 15 is 0 Å². The summed E-state index contributed by atoms with van der Waals surface area (Å²) in [5.74, 6) is 0.0156. The molecule has 0 rings (SSSR count). The summed E-state index contributed by atoms with van der Waals surface area (Å²) in [5, 5.41) is 0. The topological polar surface area (TPSA) is 34.1 Å². The lowest BCUT2D eigenvalue weighted by molar-refractivity contribution is -0.873. The smallest absolute Gasteiger partial charge is 0.212 e. The third-order valence-electron chi connectivity index (χ3n) is 1.62. The van der Waals surface area contributed by atoms with Gasteiger partial charge in [0.05, 0.1) is 14.1 Å². The lowest BCUT2D eigenvalue weighted by atomic mass is 10.2. The van der Waals surface area contributed by atoms with Gasteiger partial charge < -0.3 is 4.48 Å². The summed E-state index contributed by atoms with van der Waals surface area (Å²) >= 11 is 0. The van der Waals surface area contributed by atoms with Gasteiger partial charge in [-0.3, -0.25) is 9.59 Å². The molecule has 0 radical (unpaired) electrons. The summed E-state index contributed by atoms with van der Waals surface area (Å²) in [6.45, 7) is 5.94. The predicted molar refractivity (Wildman–Crippen MR) is 47.7 cm³/mol. The first kappa shape index (κ1) is 11.0. The molecule has 0 saturated heterocycles.